The predicted octanol–water partition coefficient (Wildman–Crippen LogP) is 2.63. The van der Waals surface area contributed by atoms with Crippen molar-refractivity contribution in [2.75, 3.05) is 33.4 Å². The van der Waals surface area contributed by atoms with Crippen molar-refractivity contribution in [3.63, 3.8) is 0 Å². The second-order valence-corrected chi connectivity index (χ2v) is 8.09. The zero-order chi connectivity index (χ0) is 23.6. The molecule has 7 nitrogen and oxygen atoms in total. The lowest BCUT2D eigenvalue weighted by molar-refractivity contribution is -0.124. The zero-order valence-corrected chi connectivity index (χ0v) is 18.8. The topological polar surface area (TPSA) is 87.7 Å². The van der Waals surface area contributed by atoms with E-state index in [1.165, 1.54) is 24.3 Å². The third kappa shape index (κ3) is 6.86. The summed E-state index contributed by atoms with van der Waals surface area (Å²) in [6, 6.07) is 13.5. The van der Waals surface area contributed by atoms with Crippen LogP contribution in [0, 0.1) is 11.7 Å². The maximum atomic E-state index is 13.2. The average Bonchev–Trinajstić information content (AvgIpc) is 2.85. The summed E-state index contributed by atoms with van der Waals surface area (Å²) < 4.78 is 18.2. The largest absolute Gasteiger partial charge is 0.385 e. The first-order valence-electron chi connectivity index (χ1n) is 11.2. The van der Waals surface area contributed by atoms with Crippen LogP contribution in [0.2, 0.25) is 0 Å². The van der Waals surface area contributed by atoms with Gasteiger partial charge in [0.2, 0.25) is 5.91 Å². The van der Waals surface area contributed by atoms with E-state index in [2.05, 4.69) is 10.6 Å². The van der Waals surface area contributed by atoms with Gasteiger partial charge in [0, 0.05) is 44.5 Å². The first-order chi connectivity index (χ1) is 16.0. The van der Waals surface area contributed by atoms with Crippen molar-refractivity contribution in [2.45, 2.75) is 25.3 Å². The number of carbonyl (C=O) groups is 3. The van der Waals surface area contributed by atoms with Crippen molar-refractivity contribution in [1.82, 2.24) is 15.5 Å². The number of benzene rings is 2. The average molecular weight is 456 g/mol. The lowest BCUT2D eigenvalue weighted by atomic mass is 9.88. The van der Waals surface area contributed by atoms with Crippen LogP contribution in [-0.2, 0) is 9.53 Å². The number of carbonyl (C=O) groups excluding carboxylic acids is 3. The molecule has 0 saturated carbocycles. The summed E-state index contributed by atoms with van der Waals surface area (Å²) in [6.07, 6.45) is 1.81. The number of rotatable bonds is 9. The minimum Gasteiger partial charge on any atom is -0.385 e. The van der Waals surface area contributed by atoms with Crippen LogP contribution in [-0.4, -0.2) is 62.0 Å². The molecule has 1 saturated heterocycles. The number of ether oxygens (including phenoxy) is 1. The summed E-state index contributed by atoms with van der Waals surface area (Å²) >= 11 is 0. The molecule has 3 amide bonds. The van der Waals surface area contributed by atoms with E-state index in [-0.39, 0.29) is 23.6 Å². The Labute approximate surface area is 193 Å². The Bertz CT molecular complexity index is 928. The normalized spacial score (nSPS) is 15.0. The number of halogens is 1. The molecule has 2 aromatic carbocycles. The molecule has 3 rings (SSSR count). The van der Waals surface area contributed by atoms with Gasteiger partial charge in [0.05, 0.1) is 0 Å². The first kappa shape index (κ1) is 24.4. The van der Waals surface area contributed by atoms with Crippen LogP contribution in [0.4, 0.5) is 4.39 Å². The highest BCUT2D eigenvalue weighted by molar-refractivity contribution is 5.97. The molecule has 33 heavy (non-hydrogen) atoms. The van der Waals surface area contributed by atoms with Crippen LogP contribution in [0.25, 0.3) is 0 Å². The van der Waals surface area contributed by atoms with Gasteiger partial charge in [0.15, 0.2) is 0 Å². The Balaban J connectivity index is 1.64. The van der Waals surface area contributed by atoms with E-state index < -0.39 is 11.9 Å². The predicted molar refractivity (Wildman–Crippen MR) is 122 cm³/mol. The summed E-state index contributed by atoms with van der Waals surface area (Å²) in [5.41, 5.74) is 0.915. The van der Waals surface area contributed by atoms with E-state index in [1.54, 1.807) is 36.3 Å². The van der Waals surface area contributed by atoms with Gasteiger partial charge >= 0.3 is 0 Å². The molecule has 1 atom stereocenters. The van der Waals surface area contributed by atoms with Gasteiger partial charge in [-0.15, -0.1) is 0 Å². The molecule has 0 unspecified atom stereocenters. The molecular formula is C25H30FN3O4. The fourth-order valence-electron chi connectivity index (χ4n) is 3.96. The van der Waals surface area contributed by atoms with Gasteiger partial charge in [-0.25, -0.2) is 4.39 Å². The minimum atomic E-state index is -0.705. The van der Waals surface area contributed by atoms with Gasteiger partial charge in [-0.05, 0) is 61.6 Å². The number of amides is 3. The number of hydrogen-bond acceptors (Lipinski definition) is 4. The molecule has 0 bridgehead atoms. The lowest BCUT2D eigenvalue weighted by Gasteiger charge is -2.36. The number of piperidine rings is 1. The molecule has 0 spiro atoms. The number of nitrogens with zero attached hydrogens (tertiary/aromatic N) is 1. The highest BCUT2D eigenvalue weighted by Gasteiger charge is 2.34. The van der Waals surface area contributed by atoms with E-state index in [0.717, 1.165) is 0 Å². The second kappa shape index (κ2) is 12.1. The van der Waals surface area contributed by atoms with Crippen LogP contribution in [0.3, 0.4) is 0 Å². The van der Waals surface area contributed by atoms with Gasteiger partial charge in [-0.1, -0.05) is 18.2 Å². The summed E-state index contributed by atoms with van der Waals surface area (Å²) in [5, 5.41) is 5.79. The third-order valence-electron chi connectivity index (χ3n) is 5.82. The van der Waals surface area contributed by atoms with E-state index >= 15 is 0 Å². The van der Waals surface area contributed by atoms with Gasteiger partial charge in [0.1, 0.15) is 11.9 Å². The van der Waals surface area contributed by atoms with Gasteiger partial charge in [-0.3, -0.25) is 14.4 Å². The zero-order valence-electron chi connectivity index (χ0n) is 18.8. The molecule has 0 aliphatic carbocycles. The van der Waals surface area contributed by atoms with Crippen molar-refractivity contribution >= 4 is 17.7 Å². The molecule has 8 heteroatoms. The standard InChI is InChI=1S/C25H30FN3O4/c1-33-17-5-14-27-24(31)22(28-23(30)19-6-3-2-4-7-19)18-12-15-29(16-13-18)25(32)20-8-10-21(26)11-9-20/h2-4,6-11,18,22H,5,12-17H2,1H3,(H,27,31)(H,28,30)/t22-/m0/s1. The van der Waals surface area contributed by atoms with E-state index in [0.29, 0.717) is 56.6 Å². The smallest absolute Gasteiger partial charge is 0.253 e. The number of nitrogens with one attached hydrogen (secondary N) is 2. The molecule has 1 aliphatic heterocycles. The Morgan fingerprint density at radius 2 is 1.70 bits per heavy atom. The molecule has 0 radical (unpaired) electrons. The van der Waals surface area contributed by atoms with Crippen molar-refractivity contribution in [3.05, 3.63) is 71.5 Å². The summed E-state index contributed by atoms with van der Waals surface area (Å²) in [7, 11) is 1.60. The van der Waals surface area contributed by atoms with Crippen molar-refractivity contribution in [1.29, 1.82) is 0 Å². The highest BCUT2D eigenvalue weighted by atomic mass is 19.1. The van der Waals surface area contributed by atoms with Crippen LogP contribution in [0.15, 0.2) is 54.6 Å². The van der Waals surface area contributed by atoms with Gasteiger partial charge in [-0.2, -0.15) is 0 Å². The summed E-state index contributed by atoms with van der Waals surface area (Å²) in [5.74, 6) is -1.21. The summed E-state index contributed by atoms with van der Waals surface area (Å²) in [6.45, 7) is 1.89. The minimum absolute atomic E-state index is 0.114. The molecular weight excluding hydrogens is 425 g/mol. The van der Waals surface area contributed by atoms with Crippen molar-refractivity contribution < 1.29 is 23.5 Å². The van der Waals surface area contributed by atoms with Crippen molar-refractivity contribution in [2.24, 2.45) is 5.92 Å². The number of hydrogen-bond donors (Lipinski definition) is 2. The quantitative estimate of drug-likeness (QED) is 0.569. The molecule has 1 aliphatic rings. The summed E-state index contributed by atoms with van der Waals surface area (Å²) in [4.78, 5) is 40.2. The maximum absolute atomic E-state index is 13.2. The Kier molecular flexibility index (Phi) is 8.95. The van der Waals surface area contributed by atoms with Crippen LogP contribution >= 0.6 is 0 Å². The SMILES string of the molecule is COCCCNC(=O)[C@@H](NC(=O)c1ccccc1)C1CCN(C(=O)c2ccc(F)cc2)CC1. The monoisotopic (exact) mass is 455 g/mol. The fraction of sp³-hybridized carbons (Fsp3) is 0.400. The van der Waals surface area contributed by atoms with Gasteiger partial charge in [0.25, 0.3) is 11.8 Å². The molecule has 1 heterocycles. The van der Waals surface area contributed by atoms with Gasteiger partial charge < -0.3 is 20.3 Å². The number of methoxy groups -OCH3 is 1. The maximum Gasteiger partial charge on any atom is 0.253 e. The third-order valence-corrected chi connectivity index (χ3v) is 5.82. The highest BCUT2D eigenvalue weighted by Crippen LogP contribution is 2.23. The Morgan fingerprint density at radius 3 is 2.33 bits per heavy atom. The lowest BCUT2D eigenvalue weighted by Crippen LogP contribution is -2.54. The van der Waals surface area contributed by atoms with Crippen LogP contribution in [0.5, 0.6) is 0 Å². The van der Waals surface area contributed by atoms with E-state index in [4.69, 9.17) is 4.74 Å². The second-order valence-electron chi connectivity index (χ2n) is 8.09. The molecule has 176 valence electrons. The van der Waals surface area contributed by atoms with E-state index in [9.17, 15) is 18.8 Å². The van der Waals surface area contributed by atoms with Crippen LogP contribution in [0.1, 0.15) is 40.0 Å². The first-order valence-corrected chi connectivity index (χ1v) is 11.2. The number of likely N-dealkylation sites (tertiary alicyclic amines) is 1. The Morgan fingerprint density at radius 1 is 1.03 bits per heavy atom. The fourth-order valence-corrected chi connectivity index (χ4v) is 3.96. The van der Waals surface area contributed by atoms with Crippen molar-refractivity contribution in [3.8, 4) is 0 Å². The Hall–Kier alpha value is -3.26. The van der Waals surface area contributed by atoms with Crippen LogP contribution < -0.4 is 10.6 Å². The molecule has 1 fully saturated rings. The van der Waals surface area contributed by atoms with E-state index in [1.807, 2.05) is 6.07 Å². The molecule has 0 aromatic heterocycles. The molecule has 2 N–H and O–H groups in total. The molecule has 2 aromatic rings.